The fourth-order valence-electron chi connectivity index (χ4n) is 5.79. The molecule has 1 aliphatic heterocycles. The molecule has 5 rings (SSSR count). The Morgan fingerprint density at radius 3 is 1.77 bits per heavy atom. The van der Waals surface area contributed by atoms with Crippen LogP contribution in [0, 0.1) is 21.7 Å². The van der Waals surface area contributed by atoms with E-state index in [2.05, 4.69) is 10.2 Å². The molecule has 4 aromatic rings. The summed E-state index contributed by atoms with van der Waals surface area (Å²) in [6.07, 6.45) is -3.31. The molecule has 0 spiro atoms. The predicted molar refractivity (Wildman–Crippen MR) is 230 cm³/mol. The molecule has 61 heavy (non-hydrogen) atoms. The number of hydrogen-bond acceptors (Lipinski definition) is 12. The summed E-state index contributed by atoms with van der Waals surface area (Å²) < 4.78 is 43.2. The van der Waals surface area contributed by atoms with Crippen molar-refractivity contribution in [1.29, 1.82) is 0 Å². The van der Waals surface area contributed by atoms with Crippen LogP contribution in [0.4, 0.5) is 0 Å². The van der Waals surface area contributed by atoms with Gasteiger partial charge in [-0.3, -0.25) is 24.3 Å². The highest BCUT2D eigenvalue weighted by Gasteiger charge is 2.56. The smallest absolute Gasteiger partial charge is 0.311 e. The van der Waals surface area contributed by atoms with Crippen LogP contribution in [-0.4, -0.2) is 71.4 Å². The number of carbonyl (C=O) groups excluding carboxylic acids is 4. The quantitative estimate of drug-likeness (QED) is 0.0821. The minimum Gasteiger partial charge on any atom is -0.489 e. The minimum absolute atomic E-state index is 0.0817. The van der Waals surface area contributed by atoms with Gasteiger partial charge in [0.05, 0.1) is 32.6 Å². The van der Waals surface area contributed by atoms with Crippen molar-refractivity contribution in [3.05, 3.63) is 89.5 Å². The van der Waals surface area contributed by atoms with Gasteiger partial charge in [-0.1, -0.05) is 66.7 Å². The summed E-state index contributed by atoms with van der Waals surface area (Å²) in [5, 5.41) is 8.06. The van der Waals surface area contributed by atoms with Crippen molar-refractivity contribution in [2.75, 3.05) is 6.61 Å². The number of ether oxygens (including phenoxy) is 7. The number of benzene rings is 3. The monoisotopic (exact) mass is 840 g/mol. The third-order valence-corrected chi connectivity index (χ3v) is 9.55. The molecular weight excluding hydrogens is 781 g/mol. The molecule has 1 saturated heterocycles. The molecule has 3 aromatic carbocycles. The van der Waals surface area contributed by atoms with E-state index < -0.39 is 82.8 Å². The number of carbonyl (C=O) groups is 4. The molecule has 1 aromatic heterocycles. The second kappa shape index (κ2) is 18.5. The number of nitrogens with zero attached hydrogens (tertiary/aromatic N) is 1. The highest BCUT2D eigenvalue weighted by Crippen LogP contribution is 2.37. The van der Waals surface area contributed by atoms with E-state index in [1.54, 1.807) is 83.1 Å². The molecule has 13 heteroatoms. The zero-order valence-corrected chi connectivity index (χ0v) is 37.3. The maximum atomic E-state index is 13.7. The normalized spacial score (nSPS) is 19.9. The second-order valence-corrected chi connectivity index (χ2v) is 19.3. The zero-order chi connectivity index (χ0) is 44.9. The molecule has 328 valence electrons. The number of fused-ring (bicyclic) bond motifs is 1. The zero-order valence-electron chi connectivity index (χ0n) is 37.3. The van der Waals surface area contributed by atoms with Crippen LogP contribution >= 0.6 is 0 Å². The van der Waals surface area contributed by atoms with E-state index in [9.17, 15) is 19.2 Å². The van der Waals surface area contributed by atoms with Gasteiger partial charge in [-0.2, -0.15) is 0 Å². The number of rotatable bonds is 12. The number of hydrogen-bond donors (Lipinski definition) is 1. The largest absolute Gasteiger partial charge is 0.489 e. The average molecular weight is 841 g/mol. The molecule has 1 fully saturated rings. The summed E-state index contributed by atoms with van der Waals surface area (Å²) in [5.41, 5.74) is -0.616. The van der Waals surface area contributed by atoms with E-state index in [4.69, 9.17) is 33.2 Å². The van der Waals surface area contributed by atoms with Crippen LogP contribution in [-0.2, 0) is 49.5 Å². The summed E-state index contributed by atoms with van der Waals surface area (Å²) in [5.74, 6) is -1.74. The first-order valence-electron chi connectivity index (χ1n) is 20.5. The molecule has 5 atom stereocenters. The van der Waals surface area contributed by atoms with Crippen LogP contribution < -0.4 is 9.47 Å². The molecular formula is C48H60N2O11. The number of aromatic amines is 1. The first kappa shape index (κ1) is 46.4. The van der Waals surface area contributed by atoms with Crippen LogP contribution in [0.5, 0.6) is 11.6 Å². The molecule has 13 nitrogen and oxygen atoms in total. The first-order valence-corrected chi connectivity index (χ1v) is 20.5. The second-order valence-electron chi connectivity index (χ2n) is 19.3. The summed E-state index contributed by atoms with van der Waals surface area (Å²) in [6, 6.07) is 23.2. The van der Waals surface area contributed by atoms with Crippen molar-refractivity contribution in [1.82, 2.24) is 10.2 Å². The van der Waals surface area contributed by atoms with E-state index in [0.717, 1.165) is 22.4 Å². The van der Waals surface area contributed by atoms with Gasteiger partial charge >= 0.3 is 23.9 Å². The average Bonchev–Trinajstić information content (AvgIpc) is 3.59. The summed E-state index contributed by atoms with van der Waals surface area (Å²) in [7, 11) is 0. The highest BCUT2D eigenvalue weighted by atomic mass is 16.7. The Bertz CT molecular complexity index is 2180. The van der Waals surface area contributed by atoms with Crippen LogP contribution in [0.25, 0.3) is 23.1 Å². The van der Waals surface area contributed by atoms with Gasteiger partial charge in [0.25, 0.3) is 0 Å². The minimum atomic E-state index is -1.51. The maximum Gasteiger partial charge on any atom is 0.311 e. The Balaban J connectivity index is 1.54. The lowest BCUT2D eigenvalue weighted by atomic mass is 9.93. The van der Waals surface area contributed by atoms with Crippen molar-refractivity contribution in [2.24, 2.45) is 21.7 Å². The van der Waals surface area contributed by atoms with Crippen molar-refractivity contribution < 1.29 is 52.3 Å². The predicted octanol–water partition coefficient (Wildman–Crippen LogP) is 8.88. The van der Waals surface area contributed by atoms with Gasteiger partial charge in [-0.25, -0.2) is 0 Å². The number of nitrogens with one attached hydrogen (secondary N) is 1. The molecule has 2 heterocycles. The molecule has 1 aliphatic rings. The van der Waals surface area contributed by atoms with Gasteiger partial charge in [-0.05, 0) is 118 Å². The van der Waals surface area contributed by atoms with Gasteiger partial charge in [-0.15, -0.1) is 5.10 Å². The molecule has 0 amide bonds. The molecule has 0 radical (unpaired) electrons. The fraction of sp³-hybridized carbons (Fsp3) is 0.479. The van der Waals surface area contributed by atoms with Gasteiger partial charge < -0.3 is 33.2 Å². The lowest BCUT2D eigenvalue weighted by molar-refractivity contribution is -0.294. The third kappa shape index (κ3) is 12.2. The van der Waals surface area contributed by atoms with Gasteiger partial charge in [0.15, 0.2) is 12.2 Å². The first-order chi connectivity index (χ1) is 28.4. The van der Waals surface area contributed by atoms with E-state index in [0.29, 0.717) is 17.5 Å². The summed E-state index contributed by atoms with van der Waals surface area (Å²) in [4.78, 5) is 54.1. The van der Waals surface area contributed by atoms with Crippen molar-refractivity contribution in [3.63, 3.8) is 0 Å². The number of H-pyrrole nitrogens is 1. The third-order valence-electron chi connectivity index (χ3n) is 9.55. The number of aromatic nitrogens is 2. The standard InChI is InChI=1S/C48H60N2O11/c1-45(2,3)41(51)56-28-34-36(58-42(52)46(4,5)6)37(59-43(53)47(7,8)9)38(60-44(54)48(10,11)12)40(57-34)61-39-35-31(19-16-20-33(35)49-50-39)24-21-29-22-25-32(26-23-29)55-27-30-17-14-13-15-18-30/h13-26,34,36-38,40H,27-28H2,1-12H3,(H,49,50)/b24-21+/t34-,36-,37+,38-,40?/m1/s1. The highest BCUT2D eigenvalue weighted by molar-refractivity contribution is 5.94. The van der Waals surface area contributed by atoms with Gasteiger partial charge in [0, 0.05) is 0 Å². The van der Waals surface area contributed by atoms with Crippen molar-refractivity contribution in [3.8, 4) is 11.6 Å². The number of esters is 4. The van der Waals surface area contributed by atoms with Crippen molar-refractivity contribution >= 4 is 46.9 Å². The van der Waals surface area contributed by atoms with Gasteiger partial charge in [0.1, 0.15) is 25.1 Å². The lowest BCUT2D eigenvalue weighted by Crippen LogP contribution is -2.65. The van der Waals surface area contributed by atoms with Gasteiger partial charge in [0.2, 0.25) is 18.3 Å². The summed E-state index contributed by atoms with van der Waals surface area (Å²) >= 11 is 0. The lowest BCUT2D eigenvalue weighted by Gasteiger charge is -2.45. The molecule has 1 N–H and O–H groups in total. The Morgan fingerprint density at radius 2 is 1.20 bits per heavy atom. The topological polar surface area (TPSA) is 162 Å². The van der Waals surface area contributed by atoms with E-state index in [-0.39, 0.29) is 5.88 Å². The van der Waals surface area contributed by atoms with E-state index in [1.807, 2.05) is 84.9 Å². The van der Waals surface area contributed by atoms with Crippen molar-refractivity contribution in [2.45, 2.75) is 120 Å². The molecule has 0 bridgehead atoms. The Morgan fingerprint density at radius 1 is 0.639 bits per heavy atom. The van der Waals surface area contributed by atoms with Crippen LogP contribution in [0.2, 0.25) is 0 Å². The molecule has 0 aliphatic carbocycles. The van der Waals surface area contributed by atoms with Crippen LogP contribution in [0.15, 0.2) is 72.8 Å². The van der Waals surface area contributed by atoms with Crippen LogP contribution in [0.3, 0.4) is 0 Å². The van der Waals surface area contributed by atoms with E-state index in [1.165, 1.54) is 0 Å². The van der Waals surface area contributed by atoms with Crippen LogP contribution in [0.1, 0.15) is 99.8 Å². The molecule has 0 saturated carbocycles. The maximum absolute atomic E-state index is 13.7. The molecule has 1 unspecified atom stereocenters. The summed E-state index contributed by atoms with van der Waals surface area (Å²) in [6.45, 7) is 20.1. The SMILES string of the molecule is CC(C)(C)C(=O)OC[C@H]1OC(Oc2n[nH]c3cccc(/C=C/c4ccc(OCc5ccccc5)cc4)c23)[C@H](OC(=O)C(C)(C)C)[C@@H](OC(=O)C(C)(C)C)[C@@H]1OC(=O)C(C)(C)C. The Labute approximate surface area is 358 Å². The Kier molecular flexibility index (Phi) is 14.1. The van der Waals surface area contributed by atoms with E-state index >= 15 is 0 Å². The fourth-order valence-corrected chi connectivity index (χ4v) is 5.79. The Hall–Kier alpha value is -5.69.